The van der Waals surface area contributed by atoms with Gasteiger partial charge in [0.2, 0.25) is 0 Å². The van der Waals surface area contributed by atoms with Gasteiger partial charge in [-0.2, -0.15) is 22.0 Å². The zero-order valence-corrected chi connectivity index (χ0v) is 8.03. The predicted octanol–water partition coefficient (Wildman–Crippen LogP) is 3.50. The average Bonchev–Trinajstić information content (AvgIpc) is 2.02. The highest BCUT2D eigenvalue weighted by atomic mass is 79.9. The maximum absolute atomic E-state index is 12.7. The van der Waals surface area contributed by atoms with Crippen molar-refractivity contribution in [1.29, 1.82) is 0 Å². The summed E-state index contributed by atoms with van der Waals surface area (Å²) in [5.41, 5.74) is -1.13. The standard InChI is InChI=1S/C7H3BrF5N/c8-5-3-4(1-2-14-5)6(9,10)7(11,12)13/h1-3H. The summed E-state index contributed by atoms with van der Waals surface area (Å²) < 4.78 is 60.9. The molecule has 1 nitrogen and oxygen atoms in total. The van der Waals surface area contributed by atoms with Crippen LogP contribution in [0.2, 0.25) is 0 Å². The summed E-state index contributed by atoms with van der Waals surface area (Å²) >= 11 is 2.71. The third-order valence-electron chi connectivity index (χ3n) is 1.45. The molecule has 0 N–H and O–H groups in total. The smallest absolute Gasteiger partial charge is 0.249 e. The lowest BCUT2D eigenvalue weighted by Gasteiger charge is -2.19. The monoisotopic (exact) mass is 275 g/mol. The van der Waals surface area contributed by atoms with E-state index in [-0.39, 0.29) is 4.60 Å². The average molecular weight is 276 g/mol. The van der Waals surface area contributed by atoms with Gasteiger partial charge in [0, 0.05) is 11.8 Å². The van der Waals surface area contributed by atoms with E-state index in [1.54, 1.807) is 0 Å². The minimum atomic E-state index is -5.59. The van der Waals surface area contributed by atoms with Crippen LogP contribution in [0.15, 0.2) is 22.9 Å². The first-order chi connectivity index (χ1) is 6.25. The summed E-state index contributed by atoms with van der Waals surface area (Å²) in [5, 5.41) is 0. The van der Waals surface area contributed by atoms with Gasteiger partial charge in [-0.15, -0.1) is 0 Å². The number of hydrogen-bond donors (Lipinski definition) is 0. The van der Waals surface area contributed by atoms with Gasteiger partial charge in [0.15, 0.2) is 0 Å². The molecular formula is C7H3BrF5N. The molecule has 0 saturated heterocycles. The summed E-state index contributed by atoms with van der Waals surface area (Å²) in [6.07, 6.45) is -4.72. The van der Waals surface area contributed by atoms with Crippen molar-refractivity contribution in [3.63, 3.8) is 0 Å². The molecular weight excluding hydrogens is 273 g/mol. The number of rotatable bonds is 1. The third-order valence-corrected chi connectivity index (χ3v) is 1.88. The molecule has 0 atom stereocenters. The molecule has 0 saturated carbocycles. The summed E-state index contributed by atoms with van der Waals surface area (Å²) in [6, 6.07) is 1.26. The van der Waals surface area contributed by atoms with Crippen LogP contribution in [-0.2, 0) is 5.92 Å². The summed E-state index contributed by atoms with van der Waals surface area (Å²) in [5.74, 6) is -4.85. The second kappa shape index (κ2) is 3.45. The predicted molar refractivity (Wildman–Crippen MR) is 41.9 cm³/mol. The normalized spacial score (nSPS) is 13.0. The molecule has 1 aromatic rings. The largest absolute Gasteiger partial charge is 0.458 e. The van der Waals surface area contributed by atoms with Crippen LogP contribution >= 0.6 is 15.9 Å². The lowest BCUT2D eigenvalue weighted by atomic mass is 10.1. The third kappa shape index (κ3) is 2.02. The minimum Gasteiger partial charge on any atom is -0.249 e. The van der Waals surface area contributed by atoms with Crippen molar-refractivity contribution in [3.05, 3.63) is 28.5 Å². The molecule has 0 amide bonds. The molecule has 78 valence electrons. The van der Waals surface area contributed by atoms with E-state index in [2.05, 4.69) is 20.9 Å². The van der Waals surface area contributed by atoms with Crippen LogP contribution in [0.3, 0.4) is 0 Å². The Morgan fingerprint density at radius 3 is 2.14 bits per heavy atom. The summed E-state index contributed by atoms with van der Waals surface area (Å²) in [6.45, 7) is 0. The Kier molecular flexibility index (Phi) is 2.80. The number of hydrogen-bond acceptors (Lipinski definition) is 1. The number of halogens is 6. The van der Waals surface area contributed by atoms with E-state index in [0.717, 1.165) is 6.20 Å². The van der Waals surface area contributed by atoms with Crippen LogP contribution in [0.4, 0.5) is 22.0 Å². The van der Waals surface area contributed by atoms with E-state index >= 15 is 0 Å². The fourth-order valence-electron chi connectivity index (χ4n) is 0.761. The fourth-order valence-corrected chi connectivity index (χ4v) is 1.13. The van der Waals surface area contributed by atoms with Crippen molar-refractivity contribution in [2.24, 2.45) is 0 Å². The molecule has 0 aliphatic heterocycles. The SMILES string of the molecule is FC(F)(F)C(F)(F)c1ccnc(Br)c1. The lowest BCUT2D eigenvalue weighted by Crippen LogP contribution is -2.33. The molecule has 0 radical (unpaired) electrons. The molecule has 0 aliphatic carbocycles. The van der Waals surface area contributed by atoms with E-state index in [1.807, 2.05) is 0 Å². The number of aromatic nitrogens is 1. The highest BCUT2D eigenvalue weighted by molar-refractivity contribution is 9.10. The second-order valence-electron chi connectivity index (χ2n) is 2.44. The Morgan fingerprint density at radius 1 is 1.14 bits per heavy atom. The van der Waals surface area contributed by atoms with Crippen molar-refractivity contribution < 1.29 is 22.0 Å². The molecule has 1 aromatic heterocycles. The second-order valence-corrected chi connectivity index (χ2v) is 3.25. The Balaban J connectivity index is 3.16. The van der Waals surface area contributed by atoms with Crippen molar-refractivity contribution in [2.45, 2.75) is 12.1 Å². The first kappa shape index (κ1) is 11.4. The molecule has 14 heavy (non-hydrogen) atoms. The van der Waals surface area contributed by atoms with Crippen LogP contribution in [0.25, 0.3) is 0 Å². The van der Waals surface area contributed by atoms with Gasteiger partial charge in [0.25, 0.3) is 0 Å². The van der Waals surface area contributed by atoms with Crippen molar-refractivity contribution in [3.8, 4) is 0 Å². The van der Waals surface area contributed by atoms with Gasteiger partial charge in [0.1, 0.15) is 4.60 Å². The van der Waals surface area contributed by atoms with Gasteiger partial charge in [-0.1, -0.05) is 0 Å². The zero-order chi connectivity index (χ0) is 11.0. The fraction of sp³-hybridized carbons (Fsp3) is 0.286. The molecule has 0 bridgehead atoms. The molecule has 7 heteroatoms. The highest BCUT2D eigenvalue weighted by Crippen LogP contribution is 2.43. The number of pyridine rings is 1. The summed E-state index contributed by atoms with van der Waals surface area (Å²) in [7, 11) is 0. The molecule has 0 fully saturated rings. The van der Waals surface area contributed by atoms with Crippen LogP contribution in [-0.4, -0.2) is 11.2 Å². The first-order valence-corrected chi connectivity index (χ1v) is 4.11. The maximum Gasteiger partial charge on any atom is 0.458 e. The van der Waals surface area contributed by atoms with Crippen LogP contribution in [0.5, 0.6) is 0 Å². The Labute approximate surface area is 84.1 Å². The van der Waals surface area contributed by atoms with E-state index in [1.165, 1.54) is 0 Å². The molecule has 1 rings (SSSR count). The summed E-state index contributed by atoms with van der Waals surface area (Å²) in [4.78, 5) is 3.45. The van der Waals surface area contributed by atoms with Crippen molar-refractivity contribution in [2.75, 3.05) is 0 Å². The van der Waals surface area contributed by atoms with Crippen LogP contribution in [0, 0.1) is 0 Å². The Morgan fingerprint density at radius 2 is 1.71 bits per heavy atom. The molecule has 0 aromatic carbocycles. The topological polar surface area (TPSA) is 12.9 Å². The first-order valence-electron chi connectivity index (χ1n) is 3.32. The van der Waals surface area contributed by atoms with Gasteiger partial charge in [-0.05, 0) is 28.1 Å². The van der Waals surface area contributed by atoms with Crippen molar-refractivity contribution >= 4 is 15.9 Å². The highest BCUT2D eigenvalue weighted by Gasteiger charge is 2.58. The molecule has 0 unspecified atom stereocenters. The molecule has 0 aliphatic rings. The number of nitrogens with zero attached hydrogens (tertiary/aromatic N) is 1. The Bertz CT molecular complexity index is 335. The zero-order valence-electron chi connectivity index (χ0n) is 6.45. The van der Waals surface area contributed by atoms with Crippen LogP contribution in [0.1, 0.15) is 5.56 Å². The molecule has 1 heterocycles. The number of alkyl halides is 5. The van der Waals surface area contributed by atoms with Crippen LogP contribution < -0.4 is 0 Å². The van der Waals surface area contributed by atoms with E-state index < -0.39 is 17.7 Å². The van der Waals surface area contributed by atoms with Gasteiger partial charge >= 0.3 is 12.1 Å². The van der Waals surface area contributed by atoms with Crippen molar-refractivity contribution in [1.82, 2.24) is 4.98 Å². The van der Waals surface area contributed by atoms with Gasteiger partial charge in [-0.25, -0.2) is 4.98 Å². The van der Waals surface area contributed by atoms with E-state index in [0.29, 0.717) is 12.1 Å². The van der Waals surface area contributed by atoms with Gasteiger partial charge in [0.05, 0.1) is 0 Å². The minimum absolute atomic E-state index is 0.0704. The molecule has 0 spiro atoms. The lowest BCUT2D eigenvalue weighted by molar-refractivity contribution is -0.289. The van der Waals surface area contributed by atoms with E-state index in [9.17, 15) is 22.0 Å². The Hall–Kier alpha value is -0.720. The van der Waals surface area contributed by atoms with E-state index in [4.69, 9.17) is 0 Å². The maximum atomic E-state index is 12.7. The van der Waals surface area contributed by atoms with Gasteiger partial charge < -0.3 is 0 Å². The quantitative estimate of drug-likeness (QED) is 0.565. The van der Waals surface area contributed by atoms with Gasteiger partial charge in [-0.3, -0.25) is 0 Å².